The number of halogens is 3. The van der Waals surface area contributed by atoms with E-state index < -0.39 is 11.7 Å². The summed E-state index contributed by atoms with van der Waals surface area (Å²) in [5.41, 5.74) is 2.48. The Hall–Kier alpha value is -3.59. The summed E-state index contributed by atoms with van der Waals surface area (Å²) in [4.78, 5) is 17.8. The van der Waals surface area contributed by atoms with Crippen LogP contribution in [0.15, 0.2) is 60.9 Å². The number of thiazole rings is 1. The molecule has 0 saturated heterocycles. The van der Waals surface area contributed by atoms with Gasteiger partial charge in [-0.25, -0.2) is 9.97 Å². The summed E-state index contributed by atoms with van der Waals surface area (Å²) in [6, 6.07) is 13.8. The van der Waals surface area contributed by atoms with E-state index in [0.717, 1.165) is 33.6 Å². The highest BCUT2D eigenvalue weighted by Gasteiger charge is 2.31. The fourth-order valence-electron chi connectivity index (χ4n) is 3.68. The molecule has 4 heterocycles. The van der Waals surface area contributed by atoms with Gasteiger partial charge in [-0.3, -0.25) is 9.97 Å². The zero-order valence-corrected chi connectivity index (χ0v) is 17.9. The lowest BCUT2D eigenvalue weighted by Crippen LogP contribution is -2.05. The quantitative estimate of drug-likeness (QED) is 0.313. The molecule has 9 heteroatoms. The van der Waals surface area contributed by atoms with Gasteiger partial charge in [-0.05, 0) is 61.4 Å². The van der Waals surface area contributed by atoms with Crippen molar-refractivity contribution in [3.63, 3.8) is 0 Å². The second kappa shape index (κ2) is 7.48. The van der Waals surface area contributed by atoms with Crippen LogP contribution in [0.2, 0.25) is 0 Å². The van der Waals surface area contributed by atoms with Crippen molar-refractivity contribution in [1.82, 2.24) is 19.9 Å². The Labute approximate surface area is 190 Å². The zero-order chi connectivity index (χ0) is 22.6. The van der Waals surface area contributed by atoms with Crippen LogP contribution < -0.4 is 5.32 Å². The molecule has 0 spiro atoms. The molecular formula is C24H16F3N5S. The topological polar surface area (TPSA) is 63.6 Å². The maximum atomic E-state index is 12.9. The van der Waals surface area contributed by atoms with Crippen molar-refractivity contribution in [2.75, 3.05) is 5.32 Å². The molecule has 1 saturated carbocycles. The van der Waals surface area contributed by atoms with E-state index in [-0.39, 0.29) is 0 Å². The second-order valence-electron chi connectivity index (χ2n) is 7.99. The summed E-state index contributed by atoms with van der Waals surface area (Å²) in [6.45, 7) is 0. The van der Waals surface area contributed by atoms with E-state index >= 15 is 0 Å². The Balaban J connectivity index is 1.39. The smallest absolute Gasteiger partial charge is 0.340 e. The molecule has 0 radical (unpaired) electrons. The Morgan fingerprint density at radius 1 is 0.909 bits per heavy atom. The molecule has 0 aliphatic heterocycles. The summed E-state index contributed by atoms with van der Waals surface area (Å²) in [7, 11) is 0. The van der Waals surface area contributed by atoms with Crippen molar-refractivity contribution in [2.24, 2.45) is 0 Å². The summed E-state index contributed by atoms with van der Waals surface area (Å²) < 4.78 is 39.9. The van der Waals surface area contributed by atoms with Crippen molar-refractivity contribution >= 4 is 44.0 Å². The van der Waals surface area contributed by atoms with Gasteiger partial charge in [0.2, 0.25) is 0 Å². The third-order valence-electron chi connectivity index (χ3n) is 5.55. The molecular weight excluding hydrogens is 447 g/mol. The third-order valence-corrected chi connectivity index (χ3v) is 6.73. The van der Waals surface area contributed by atoms with Gasteiger partial charge in [-0.2, -0.15) is 13.2 Å². The van der Waals surface area contributed by atoms with Crippen LogP contribution in [0.4, 0.5) is 24.7 Å². The Morgan fingerprint density at radius 2 is 1.79 bits per heavy atom. The fraction of sp³-hybridized carbons (Fsp3) is 0.167. The number of hydrogen-bond donors (Lipinski definition) is 1. The van der Waals surface area contributed by atoms with Crippen LogP contribution >= 0.6 is 11.3 Å². The number of anilines is 2. The first-order valence-electron chi connectivity index (χ1n) is 10.4. The van der Waals surface area contributed by atoms with Gasteiger partial charge in [0.15, 0.2) is 0 Å². The highest BCUT2D eigenvalue weighted by atomic mass is 32.1. The zero-order valence-electron chi connectivity index (χ0n) is 17.1. The van der Waals surface area contributed by atoms with Gasteiger partial charge >= 0.3 is 6.18 Å². The molecule has 0 amide bonds. The maximum Gasteiger partial charge on any atom is 0.417 e. The fourth-order valence-corrected chi connectivity index (χ4v) is 4.85. The highest BCUT2D eigenvalue weighted by molar-refractivity contribution is 7.18. The van der Waals surface area contributed by atoms with Crippen LogP contribution in [0.25, 0.3) is 32.5 Å². The van der Waals surface area contributed by atoms with Crippen molar-refractivity contribution in [3.8, 4) is 11.4 Å². The average Bonchev–Trinajstić information content (AvgIpc) is 3.58. The number of aromatic nitrogens is 4. The third kappa shape index (κ3) is 3.89. The summed E-state index contributed by atoms with van der Waals surface area (Å²) in [5.74, 6) is 1.16. The summed E-state index contributed by atoms with van der Waals surface area (Å²) >= 11 is 1.71. The number of nitrogens with zero attached hydrogens (tertiary/aromatic N) is 4. The molecule has 1 fully saturated rings. The lowest BCUT2D eigenvalue weighted by Gasteiger charge is -2.12. The van der Waals surface area contributed by atoms with Gasteiger partial charge < -0.3 is 5.32 Å². The lowest BCUT2D eigenvalue weighted by atomic mass is 10.1. The SMILES string of the molecule is FC(F)(F)c1ccc(-c2cc3ncccc3c(Nc3ccc4nc(C5CC5)sc4c3)n2)nc1. The largest absolute Gasteiger partial charge is 0.417 e. The first-order valence-corrected chi connectivity index (χ1v) is 11.2. The number of pyridine rings is 3. The molecule has 0 atom stereocenters. The van der Waals surface area contributed by atoms with Gasteiger partial charge in [-0.15, -0.1) is 11.3 Å². The molecule has 6 rings (SSSR count). The van der Waals surface area contributed by atoms with E-state index in [1.807, 2.05) is 30.3 Å². The van der Waals surface area contributed by atoms with Crippen LogP contribution in [0, 0.1) is 0 Å². The molecule has 1 aliphatic carbocycles. The number of hydrogen-bond acceptors (Lipinski definition) is 6. The number of fused-ring (bicyclic) bond motifs is 2. The van der Waals surface area contributed by atoms with E-state index in [1.165, 1.54) is 23.9 Å². The predicted octanol–water partition coefficient (Wildman–Crippen LogP) is 6.94. The molecule has 33 heavy (non-hydrogen) atoms. The Kier molecular flexibility index (Phi) is 4.55. The molecule has 1 N–H and O–H groups in total. The van der Waals surface area contributed by atoms with Crippen LogP contribution in [0.3, 0.4) is 0 Å². The number of benzene rings is 1. The van der Waals surface area contributed by atoms with Crippen LogP contribution in [0.5, 0.6) is 0 Å². The lowest BCUT2D eigenvalue weighted by molar-refractivity contribution is -0.137. The molecule has 0 bridgehead atoms. The molecule has 4 aromatic heterocycles. The minimum atomic E-state index is -4.44. The van der Waals surface area contributed by atoms with Gasteiger partial charge in [0.05, 0.1) is 37.7 Å². The van der Waals surface area contributed by atoms with E-state index in [4.69, 9.17) is 4.98 Å². The van der Waals surface area contributed by atoms with E-state index in [2.05, 4.69) is 20.3 Å². The predicted molar refractivity (Wildman–Crippen MR) is 123 cm³/mol. The molecule has 0 unspecified atom stereocenters. The van der Waals surface area contributed by atoms with Crippen molar-refractivity contribution in [2.45, 2.75) is 24.9 Å². The van der Waals surface area contributed by atoms with Crippen LogP contribution in [-0.2, 0) is 6.18 Å². The molecule has 5 nitrogen and oxygen atoms in total. The first kappa shape index (κ1) is 20.0. The summed E-state index contributed by atoms with van der Waals surface area (Å²) in [5, 5.41) is 5.35. The minimum absolute atomic E-state index is 0.339. The molecule has 164 valence electrons. The standard InChI is InChI=1S/C24H16F3N5S/c25-24(26,27)14-5-7-17(29-12-14)20-11-19-16(2-1-9-28-19)22(31-20)30-15-6-8-18-21(10-15)33-23(32-18)13-3-4-13/h1-2,5-13H,3-4H2,(H,30,31). The van der Waals surface area contributed by atoms with Crippen LogP contribution in [0.1, 0.15) is 29.3 Å². The Bertz CT molecular complexity index is 1490. The number of alkyl halides is 3. The maximum absolute atomic E-state index is 12.9. The second-order valence-corrected chi connectivity index (χ2v) is 9.05. The van der Waals surface area contributed by atoms with Gasteiger partial charge in [-0.1, -0.05) is 0 Å². The van der Waals surface area contributed by atoms with E-state index in [1.54, 1.807) is 23.6 Å². The monoisotopic (exact) mass is 463 g/mol. The van der Waals surface area contributed by atoms with Crippen molar-refractivity contribution in [3.05, 3.63) is 71.5 Å². The number of nitrogens with one attached hydrogen (secondary N) is 1. The average molecular weight is 463 g/mol. The van der Waals surface area contributed by atoms with Gasteiger partial charge in [0.1, 0.15) is 5.82 Å². The summed E-state index contributed by atoms with van der Waals surface area (Å²) in [6.07, 6.45) is 0.462. The van der Waals surface area contributed by atoms with Gasteiger partial charge in [0.25, 0.3) is 0 Å². The minimum Gasteiger partial charge on any atom is -0.340 e. The van der Waals surface area contributed by atoms with E-state index in [0.29, 0.717) is 28.6 Å². The Morgan fingerprint density at radius 3 is 2.55 bits per heavy atom. The van der Waals surface area contributed by atoms with Gasteiger partial charge in [0, 0.05) is 29.4 Å². The van der Waals surface area contributed by atoms with Crippen molar-refractivity contribution in [1.29, 1.82) is 0 Å². The van der Waals surface area contributed by atoms with Crippen molar-refractivity contribution < 1.29 is 13.2 Å². The highest BCUT2D eigenvalue weighted by Crippen LogP contribution is 2.43. The molecule has 1 aliphatic rings. The molecule has 5 aromatic rings. The first-order chi connectivity index (χ1) is 15.9. The van der Waals surface area contributed by atoms with E-state index in [9.17, 15) is 13.2 Å². The van der Waals surface area contributed by atoms with Crippen LogP contribution in [-0.4, -0.2) is 19.9 Å². The molecule has 1 aromatic carbocycles. The normalized spacial score (nSPS) is 14.2. The number of rotatable bonds is 4.